The molecule has 3 heterocycles. The Hall–Kier alpha value is -3.73. The van der Waals surface area contributed by atoms with Crippen LogP contribution >= 0.6 is 0 Å². The molecule has 174 valence electrons. The lowest BCUT2D eigenvalue weighted by Gasteiger charge is -2.36. The molecule has 1 amide bonds. The molecule has 0 N–H and O–H groups in total. The first-order valence-electron chi connectivity index (χ1n) is 10.7. The number of carbonyl (C=O) groups is 2. The van der Waals surface area contributed by atoms with Crippen LogP contribution in [0.15, 0.2) is 42.6 Å². The van der Waals surface area contributed by atoms with Crippen molar-refractivity contribution in [2.75, 3.05) is 68.9 Å². The van der Waals surface area contributed by atoms with Crippen molar-refractivity contribution in [3.05, 3.63) is 58.3 Å². The van der Waals surface area contributed by atoms with Gasteiger partial charge in [0.1, 0.15) is 5.82 Å². The lowest BCUT2D eigenvalue weighted by Crippen LogP contribution is -2.49. The van der Waals surface area contributed by atoms with E-state index in [0.29, 0.717) is 45.0 Å². The van der Waals surface area contributed by atoms with Crippen LogP contribution in [0.4, 0.5) is 17.2 Å². The minimum atomic E-state index is -0.589. The number of hydrogen-bond donors (Lipinski definition) is 0. The van der Waals surface area contributed by atoms with Gasteiger partial charge in [-0.1, -0.05) is 0 Å². The van der Waals surface area contributed by atoms with Crippen LogP contribution in [0.3, 0.4) is 0 Å². The number of esters is 1. The van der Waals surface area contributed by atoms with Gasteiger partial charge in [0.05, 0.1) is 23.7 Å². The summed E-state index contributed by atoms with van der Waals surface area (Å²) in [6, 6.07) is 9.75. The number of ether oxygens (including phenoxy) is 2. The van der Waals surface area contributed by atoms with Gasteiger partial charge in [-0.05, 0) is 24.3 Å². The van der Waals surface area contributed by atoms with Crippen molar-refractivity contribution in [2.45, 2.75) is 0 Å². The topological polar surface area (TPSA) is 118 Å². The minimum Gasteiger partial charge on any atom is -0.452 e. The second kappa shape index (κ2) is 10.3. The number of pyridine rings is 1. The maximum atomic E-state index is 12.5. The van der Waals surface area contributed by atoms with Gasteiger partial charge < -0.3 is 24.2 Å². The summed E-state index contributed by atoms with van der Waals surface area (Å²) in [6.07, 6.45) is 1.46. The van der Waals surface area contributed by atoms with E-state index in [1.807, 2.05) is 0 Å². The van der Waals surface area contributed by atoms with Crippen molar-refractivity contribution in [2.24, 2.45) is 0 Å². The molecule has 2 aromatic rings. The van der Waals surface area contributed by atoms with E-state index in [-0.39, 0.29) is 18.2 Å². The Morgan fingerprint density at radius 3 is 2.27 bits per heavy atom. The molecule has 1 aromatic heterocycles. The molecule has 0 atom stereocenters. The summed E-state index contributed by atoms with van der Waals surface area (Å²) < 4.78 is 10.5. The summed E-state index contributed by atoms with van der Waals surface area (Å²) in [5, 5.41) is 10.8. The maximum Gasteiger partial charge on any atom is 0.340 e. The SMILES string of the molecule is O=C(OCC(=O)N1CCN(c2ccc([N+](=O)[O-])cc2)CC1)c1ccc(N2CCOCC2)nc1. The Labute approximate surface area is 190 Å². The highest BCUT2D eigenvalue weighted by atomic mass is 16.6. The van der Waals surface area contributed by atoms with Crippen molar-refractivity contribution in [3.8, 4) is 0 Å². The number of nitrogens with zero attached hydrogens (tertiary/aromatic N) is 5. The molecule has 0 radical (unpaired) electrons. The number of carbonyl (C=O) groups excluding carboxylic acids is 2. The standard InChI is InChI=1S/C22H25N5O6/c28-21(26-9-7-24(8-10-26)18-2-4-19(5-3-18)27(30)31)16-33-22(29)17-1-6-20(23-15-17)25-11-13-32-14-12-25/h1-6,15H,7-14,16H2. The highest BCUT2D eigenvalue weighted by molar-refractivity contribution is 5.91. The maximum absolute atomic E-state index is 12.5. The van der Waals surface area contributed by atoms with Crippen molar-refractivity contribution >= 4 is 29.1 Å². The third-order valence-electron chi connectivity index (χ3n) is 5.70. The second-order valence-corrected chi connectivity index (χ2v) is 7.72. The lowest BCUT2D eigenvalue weighted by atomic mass is 10.2. The third kappa shape index (κ3) is 5.55. The summed E-state index contributed by atoms with van der Waals surface area (Å²) in [4.78, 5) is 45.3. The Morgan fingerprint density at radius 1 is 0.970 bits per heavy atom. The average Bonchev–Trinajstić information content (AvgIpc) is 2.88. The molecule has 2 saturated heterocycles. The van der Waals surface area contributed by atoms with Gasteiger partial charge in [0, 0.05) is 63.3 Å². The van der Waals surface area contributed by atoms with Gasteiger partial charge in [0.15, 0.2) is 6.61 Å². The smallest absolute Gasteiger partial charge is 0.340 e. The Bertz CT molecular complexity index is 983. The first-order valence-corrected chi connectivity index (χ1v) is 10.7. The van der Waals surface area contributed by atoms with Crippen molar-refractivity contribution < 1.29 is 24.0 Å². The zero-order valence-electron chi connectivity index (χ0n) is 18.1. The van der Waals surface area contributed by atoms with Crippen LogP contribution in [0.5, 0.6) is 0 Å². The zero-order chi connectivity index (χ0) is 23.2. The number of piperazine rings is 1. The third-order valence-corrected chi connectivity index (χ3v) is 5.70. The second-order valence-electron chi connectivity index (χ2n) is 7.72. The molecule has 2 fully saturated rings. The lowest BCUT2D eigenvalue weighted by molar-refractivity contribution is -0.384. The number of hydrogen-bond acceptors (Lipinski definition) is 9. The molecule has 0 unspecified atom stereocenters. The van der Waals surface area contributed by atoms with E-state index in [9.17, 15) is 19.7 Å². The van der Waals surface area contributed by atoms with Crippen LogP contribution in [0.2, 0.25) is 0 Å². The summed E-state index contributed by atoms with van der Waals surface area (Å²) >= 11 is 0. The Balaban J connectivity index is 1.23. The number of nitro groups is 1. The average molecular weight is 455 g/mol. The number of morpholine rings is 1. The number of aromatic nitrogens is 1. The molecule has 2 aliphatic rings. The summed E-state index contributed by atoms with van der Waals surface area (Å²) in [6.45, 7) is 4.60. The highest BCUT2D eigenvalue weighted by Crippen LogP contribution is 2.21. The molecule has 2 aliphatic heterocycles. The molecule has 33 heavy (non-hydrogen) atoms. The van der Waals surface area contributed by atoms with Crippen LogP contribution in [-0.4, -0.2) is 85.8 Å². The first-order chi connectivity index (χ1) is 16.0. The zero-order valence-corrected chi connectivity index (χ0v) is 18.1. The molecule has 0 bridgehead atoms. The van der Waals surface area contributed by atoms with Crippen LogP contribution in [-0.2, 0) is 14.3 Å². The van der Waals surface area contributed by atoms with E-state index in [0.717, 1.165) is 24.6 Å². The number of non-ortho nitro benzene ring substituents is 1. The summed E-state index contributed by atoms with van der Waals surface area (Å²) in [5.74, 6) is -0.0738. The van der Waals surface area contributed by atoms with Crippen molar-refractivity contribution in [1.29, 1.82) is 0 Å². The van der Waals surface area contributed by atoms with Crippen LogP contribution in [0.25, 0.3) is 0 Å². The van der Waals surface area contributed by atoms with Crippen LogP contribution in [0, 0.1) is 10.1 Å². The number of anilines is 2. The van der Waals surface area contributed by atoms with Crippen LogP contribution < -0.4 is 9.80 Å². The quantitative estimate of drug-likeness (QED) is 0.361. The van der Waals surface area contributed by atoms with E-state index in [1.54, 1.807) is 29.2 Å². The highest BCUT2D eigenvalue weighted by Gasteiger charge is 2.23. The van der Waals surface area contributed by atoms with E-state index < -0.39 is 10.9 Å². The van der Waals surface area contributed by atoms with Gasteiger partial charge >= 0.3 is 5.97 Å². The van der Waals surface area contributed by atoms with Gasteiger partial charge in [-0.3, -0.25) is 14.9 Å². The van der Waals surface area contributed by atoms with Gasteiger partial charge in [-0.25, -0.2) is 9.78 Å². The molecule has 0 spiro atoms. The Morgan fingerprint density at radius 2 is 1.67 bits per heavy atom. The molecular weight excluding hydrogens is 430 g/mol. The van der Waals surface area contributed by atoms with Crippen molar-refractivity contribution in [1.82, 2.24) is 9.88 Å². The van der Waals surface area contributed by atoms with E-state index in [1.165, 1.54) is 18.3 Å². The van der Waals surface area contributed by atoms with E-state index in [2.05, 4.69) is 14.8 Å². The van der Waals surface area contributed by atoms with Gasteiger partial charge in [0.2, 0.25) is 0 Å². The molecule has 4 rings (SSSR count). The summed E-state index contributed by atoms with van der Waals surface area (Å²) in [5.41, 5.74) is 1.20. The fourth-order valence-electron chi connectivity index (χ4n) is 3.79. The largest absolute Gasteiger partial charge is 0.452 e. The van der Waals surface area contributed by atoms with Gasteiger partial charge in [-0.15, -0.1) is 0 Å². The number of benzene rings is 1. The molecule has 11 nitrogen and oxygen atoms in total. The van der Waals surface area contributed by atoms with E-state index in [4.69, 9.17) is 9.47 Å². The predicted molar refractivity (Wildman–Crippen MR) is 119 cm³/mol. The van der Waals surface area contributed by atoms with Gasteiger partial charge in [0.25, 0.3) is 11.6 Å². The molecule has 1 aromatic carbocycles. The molecule has 11 heteroatoms. The molecule has 0 aliphatic carbocycles. The summed E-state index contributed by atoms with van der Waals surface area (Å²) in [7, 11) is 0. The number of amides is 1. The van der Waals surface area contributed by atoms with Crippen LogP contribution in [0.1, 0.15) is 10.4 Å². The number of rotatable bonds is 6. The van der Waals surface area contributed by atoms with Gasteiger partial charge in [-0.2, -0.15) is 0 Å². The number of nitro benzene ring substituents is 1. The fraction of sp³-hybridized carbons (Fsp3) is 0.409. The minimum absolute atomic E-state index is 0.0420. The molecular formula is C22H25N5O6. The van der Waals surface area contributed by atoms with E-state index >= 15 is 0 Å². The normalized spacial score (nSPS) is 16.4. The molecule has 0 saturated carbocycles. The fourth-order valence-corrected chi connectivity index (χ4v) is 3.79. The monoisotopic (exact) mass is 455 g/mol. The Kier molecular flexibility index (Phi) is 6.98. The van der Waals surface area contributed by atoms with Crippen molar-refractivity contribution in [3.63, 3.8) is 0 Å². The first kappa shape index (κ1) is 22.5. The predicted octanol–water partition coefficient (Wildman–Crippen LogP) is 1.33.